The lowest BCUT2D eigenvalue weighted by Crippen LogP contribution is -2.25. The summed E-state index contributed by atoms with van der Waals surface area (Å²) in [5.41, 5.74) is 4.53. The number of amides is 1. The second-order valence-corrected chi connectivity index (χ2v) is 5.54. The molecule has 1 aromatic rings. The van der Waals surface area contributed by atoms with Crippen LogP contribution in [0.2, 0.25) is 0 Å². The number of hydrogen-bond acceptors (Lipinski definition) is 2. The standard InChI is InChI=1S/C17H21N3O/c1-2-3-4-5-6-16-13-20(19-17(16)21)12-15-9-7-14(11-18)8-10-15/h7-10,12,16H,2-6,13H2,1H3/p+1/b20-12-/t16-/m0/s1. The Bertz CT molecular complexity index is 554. The first-order valence-electron chi connectivity index (χ1n) is 7.65. The van der Waals surface area contributed by atoms with Gasteiger partial charge in [-0.15, -0.1) is 10.1 Å². The highest BCUT2D eigenvalue weighted by atomic mass is 16.2. The number of hydrogen-bond donors (Lipinski definition) is 1. The third-order valence-electron chi connectivity index (χ3n) is 3.79. The molecule has 1 fully saturated rings. The minimum Gasteiger partial charge on any atom is -0.269 e. The van der Waals surface area contributed by atoms with Crippen molar-refractivity contribution in [3.05, 3.63) is 35.4 Å². The van der Waals surface area contributed by atoms with Gasteiger partial charge in [-0.25, -0.2) is 0 Å². The zero-order valence-corrected chi connectivity index (χ0v) is 12.5. The molecule has 4 heteroatoms. The number of rotatable bonds is 6. The van der Waals surface area contributed by atoms with Gasteiger partial charge in [-0.1, -0.05) is 32.6 Å². The lowest BCUT2D eigenvalue weighted by atomic mass is 10.0. The van der Waals surface area contributed by atoms with Crippen LogP contribution < -0.4 is 5.43 Å². The third kappa shape index (κ3) is 4.42. The fourth-order valence-corrected chi connectivity index (χ4v) is 2.55. The molecule has 0 unspecified atom stereocenters. The normalized spacial score (nSPS) is 19.5. The Morgan fingerprint density at radius 1 is 1.33 bits per heavy atom. The Kier molecular flexibility index (Phi) is 5.51. The summed E-state index contributed by atoms with van der Waals surface area (Å²) >= 11 is 0. The maximum Gasteiger partial charge on any atom is 0.283 e. The number of nitriles is 1. The molecular formula is C17H22N3O+. The molecule has 0 aromatic heterocycles. The predicted molar refractivity (Wildman–Crippen MR) is 81.8 cm³/mol. The number of carbonyl (C=O) groups excluding carboxylic acids is 1. The van der Waals surface area contributed by atoms with Gasteiger partial charge in [0.1, 0.15) is 5.92 Å². The molecule has 1 heterocycles. The molecule has 21 heavy (non-hydrogen) atoms. The molecule has 4 nitrogen and oxygen atoms in total. The molecule has 110 valence electrons. The van der Waals surface area contributed by atoms with Gasteiger partial charge in [0, 0.05) is 5.56 Å². The van der Waals surface area contributed by atoms with Crippen LogP contribution in [0.4, 0.5) is 0 Å². The smallest absolute Gasteiger partial charge is 0.269 e. The van der Waals surface area contributed by atoms with Gasteiger partial charge in [0.05, 0.1) is 11.6 Å². The van der Waals surface area contributed by atoms with Crippen LogP contribution in [-0.4, -0.2) is 23.4 Å². The summed E-state index contributed by atoms with van der Waals surface area (Å²) in [7, 11) is 0. The fraction of sp³-hybridized carbons (Fsp3) is 0.471. The number of nitrogens with one attached hydrogen (secondary N) is 1. The monoisotopic (exact) mass is 284 g/mol. The third-order valence-corrected chi connectivity index (χ3v) is 3.79. The number of hydrazone groups is 1. The van der Waals surface area contributed by atoms with Gasteiger partial charge in [-0.2, -0.15) is 5.26 Å². The van der Waals surface area contributed by atoms with Gasteiger partial charge in [-0.3, -0.25) is 4.79 Å². The maximum absolute atomic E-state index is 11.9. The Labute approximate surface area is 126 Å². The number of nitrogens with zero attached hydrogens (tertiary/aromatic N) is 2. The minimum absolute atomic E-state index is 0.0940. The molecule has 1 saturated heterocycles. The zero-order chi connectivity index (χ0) is 15.1. The van der Waals surface area contributed by atoms with E-state index in [0.717, 1.165) is 24.9 Å². The van der Waals surface area contributed by atoms with E-state index in [-0.39, 0.29) is 11.8 Å². The molecule has 0 aliphatic carbocycles. The van der Waals surface area contributed by atoms with E-state index in [1.165, 1.54) is 19.3 Å². The molecule has 1 aliphatic rings. The first-order chi connectivity index (χ1) is 10.2. The molecule has 0 spiro atoms. The Hall–Kier alpha value is -2.15. The van der Waals surface area contributed by atoms with Crippen LogP contribution in [0, 0.1) is 17.2 Å². The zero-order valence-electron chi connectivity index (χ0n) is 12.5. The summed E-state index contributed by atoms with van der Waals surface area (Å²) in [5.74, 6) is 0.216. The second kappa shape index (κ2) is 7.58. The summed E-state index contributed by atoms with van der Waals surface area (Å²) in [6, 6.07) is 9.44. The first-order valence-corrected chi connectivity index (χ1v) is 7.65. The molecule has 0 bridgehead atoms. The van der Waals surface area contributed by atoms with Crippen molar-refractivity contribution in [1.29, 1.82) is 5.26 Å². The molecule has 1 aromatic carbocycles. The fourth-order valence-electron chi connectivity index (χ4n) is 2.55. The predicted octanol–water partition coefficient (Wildman–Crippen LogP) is 2.62. The Balaban J connectivity index is 1.91. The minimum atomic E-state index is 0.0940. The van der Waals surface area contributed by atoms with Crippen molar-refractivity contribution < 1.29 is 9.48 Å². The van der Waals surface area contributed by atoms with E-state index < -0.39 is 0 Å². The molecule has 0 saturated carbocycles. The van der Waals surface area contributed by atoms with Crippen LogP contribution in [0.1, 0.15) is 50.2 Å². The van der Waals surface area contributed by atoms with Gasteiger partial charge >= 0.3 is 0 Å². The molecule has 2 rings (SSSR count). The molecule has 0 radical (unpaired) electrons. The van der Waals surface area contributed by atoms with E-state index in [4.69, 9.17) is 5.26 Å². The van der Waals surface area contributed by atoms with Crippen molar-refractivity contribution in [3.8, 4) is 6.07 Å². The number of benzene rings is 1. The summed E-state index contributed by atoms with van der Waals surface area (Å²) in [6.45, 7) is 2.92. The lowest BCUT2D eigenvalue weighted by Gasteiger charge is -2.01. The average molecular weight is 284 g/mol. The summed E-state index contributed by atoms with van der Waals surface area (Å²) in [4.78, 5) is 11.9. The van der Waals surface area contributed by atoms with E-state index in [0.29, 0.717) is 5.56 Å². The van der Waals surface area contributed by atoms with Crippen LogP contribution in [-0.2, 0) is 4.79 Å². The Morgan fingerprint density at radius 2 is 2.10 bits per heavy atom. The van der Waals surface area contributed by atoms with Gasteiger partial charge in [-0.05, 0) is 30.7 Å². The molecule has 1 aliphatic heterocycles. The van der Waals surface area contributed by atoms with Gasteiger partial charge in [0.2, 0.25) is 6.21 Å². The van der Waals surface area contributed by atoms with E-state index in [1.54, 1.807) is 12.1 Å². The number of hydrazine groups is 1. The molecule has 1 N–H and O–H groups in total. The van der Waals surface area contributed by atoms with Crippen LogP contribution in [0.25, 0.3) is 0 Å². The highest BCUT2D eigenvalue weighted by Gasteiger charge is 2.33. The van der Waals surface area contributed by atoms with Crippen LogP contribution in [0.3, 0.4) is 0 Å². The second-order valence-electron chi connectivity index (χ2n) is 5.54. The van der Waals surface area contributed by atoms with E-state index in [9.17, 15) is 4.79 Å². The number of carbonyl (C=O) groups is 1. The van der Waals surface area contributed by atoms with Crippen molar-refractivity contribution in [2.75, 3.05) is 6.54 Å². The molecule has 1 atom stereocenters. The summed E-state index contributed by atoms with van der Waals surface area (Å²) < 4.78 is 1.86. The SMILES string of the molecule is CCCCCC[C@H]1C/[N+](=C/c2ccc(C#N)cc2)NC1=O. The van der Waals surface area contributed by atoms with Gasteiger partial charge in [0.15, 0.2) is 6.54 Å². The van der Waals surface area contributed by atoms with E-state index in [2.05, 4.69) is 18.4 Å². The van der Waals surface area contributed by atoms with E-state index >= 15 is 0 Å². The lowest BCUT2D eigenvalue weighted by molar-refractivity contribution is -0.556. The van der Waals surface area contributed by atoms with Crippen molar-refractivity contribution >= 4 is 12.1 Å². The summed E-state index contributed by atoms with van der Waals surface area (Å²) in [5, 5.41) is 8.78. The quantitative estimate of drug-likeness (QED) is 0.645. The number of unbranched alkanes of at least 4 members (excludes halogenated alkanes) is 3. The largest absolute Gasteiger partial charge is 0.283 e. The first kappa shape index (κ1) is 15.2. The Morgan fingerprint density at radius 3 is 2.76 bits per heavy atom. The topological polar surface area (TPSA) is 55.9 Å². The van der Waals surface area contributed by atoms with E-state index in [1.807, 2.05) is 23.0 Å². The van der Waals surface area contributed by atoms with Crippen molar-refractivity contribution in [2.45, 2.75) is 39.0 Å². The van der Waals surface area contributed by atoms with Crippen LogP contribution in [0.5, 0.6) is 0 Å². The van der Waals surface area contributed by atoms with Crippen molar-refractivity contribution in [3.63, 3.8) is 0 Å². The highest BCUT2D eigenvalue weighted by molar-refractivity contribution is 5.81. The molecule has 1 amide bonds. The van der Waals surface area contributed by atoms with Gasteiger partial charge < -0.3 is 0 Å². The van der Waals surface area contributed by atoms with Crippen LogP contribution >= 0.6 is 0 Å². The van der Waals surface area contributed by atoms with Crippen molar-refractivity contribution in [2.24, 2.45) is 5.92 Å². The summed E-state index contributed by atoms with van der Waals surface area (Å²) in [6.07, 6.45) is 7.68. The average Bonchev–Trinajstić information content (AvgIpc) is 2.84. The molecular weight excluding hydrogens is 262 g/mol. The van der Waals surface area contributed by atoms with Crippen LogP contribution in [0.15, 0.2) is 24.3 Å². The van der Waals surface area contributed by atoms with Gasteiger partial charge in [0.25, 0.3) is 5.91 Å². The maximum atomic E-state index is 11.9. The van der Waals surface area contributed by atoms with Crippen molar-refractivity contribution in [1.82, 2.24) is 5.43 Å². The highest BCUT2D eigenvalue weighted by Crippen LogP contribution is 2.15.